The van der Waals surface area contributed by atoms with Gasteiger partial charge in [0.2, 0.25) is 0 Å². The van der Waals surface area contributed by atoms with E-state index in [0.29, 0.717) is 12.0 Å². The molecule has 5 heteroatoms. The molecule has 0 radical (unpaired) electrons. The first-order valence-electron chi connectivity index (χ1n) is 7.07. The molecule has 0 saturated carbocycles. The number of thiazole rings is 1. The van der Waals surface area contributed by atoms with Crippen molar-refractivity contribution in [3.63, 3.8) is 0 Å². The fraction of sp³-hybridized carbons (Fsp3) is 0.533. The van der Waals surface area contributed by atoms with Crippen molar-refractivity contribution in [2.75, 3.05) is 20.2 Å². The molecular weight excluding hydrogens is 270 g/mol. The number of likely N-dealkylation sites (tertiary alicyclic amines) is 1. The van der Waals surface area contributed by atoms with Crippen molar-refractivity contribution in [3.8, 4) is 5.75 Å². The molecule has 2 unspecified atom stereocenters. The monoisotopic (exact) mass is 291 g/mol. The SMILES string of the molecule is COc1ccc2nc(CN3CCC(N)C(C)C3)sc2c1. The lowest BCUT2D eigenvalue weighted by Crippen LogP contribution is -2.45. The maximum atomic E-state index is 6.07. The maximum absolute atomic E-state index is 6.07. The van der Waals surface area contributed by atoms with E-state index in [1.54, 1.807) is 18.4 Å². The van der Waals surface area contributed by atoms with Crippen molar-refractivity contribution in [2.45, 2.75) is 25.9 Å². The summed E-state index contributed by atoms with van der Waals surface area (Å²) < 4.78 is 6.46. The highest BCUT2D eigenvalue weighted by Gasteiger charge is 2.23. The molecule has 0 spiro atoms. The van der Waals surface area contributed by atoms with Crippen LogP contribution in [0.4, 0.5) is 0 Å². The van der Waals surface area contributed by atoms with E-state index in [-0.39, 0.29) is 0 Å². The van der Waals surface area contributed by atoms with Gasteiger partial charge in [0.05, 0.1) is 23.9 Å². The third-order valence-corrected chi connectivity index (χ3v) is 5.06. The fourth-order valence-electron chi connectivity index (χ4n) is 2.73. The zero-order valence-electron chi connectivity index (χ0n) is 12.0. The summed E-state index contributed by atoms with van der Waals surface area (Å²) in [5.41, 5.74) is 7.14. The lowest BCUT2D eigenvalue weighted by atomic mass is 9.95. The molecule has 0 aliphatic carbocycles. The molecule has 2 atom stereocenters. The zero-order chi connectivity index (χ0) is 14.1. The number of hydrogen-bond acceptors (Lipinski definition) is 5. The van der Waals surface area contributed by atoms with Crippen molar-refractivity contribution in [1.29, 1.82) is 0 Å². The van der Waals surface area contributed by atoms with E-state index in [2.05, 4.69) is 17.9 Å². The number of nitrogens with two attached hydrogens (primary N) is 1. The Morgan fingerprint density at radius 3 is 3.10 bits per heavy atom. The van der Waals surface area contributed by atoms with Gasteiger partial charge in [-0.3, -0.25) is 4.90 Å². The van der Waals surface area contributed by atoms with Gasteiger partial charge in [-0.25, -0.2) is 4.98 Å². The van der Waals surface area contributed by atoms with E-state index in [9.17, 15) is 0 Å². The Morgan fingerprint density at radius 1 is 1.50 bits per heavy atom. The van der Waals surface area contributed by atoms with Crippen LogP contribution in [-0.4, -0.2) is 36.1 Å². The van der Waals surface area contributed by atoms with Gasteiger partial charge in [-0.2, -0.15) is 0 Å². The molecule has 0 bridgehead atoms. The van der Waals surface area contributed by atoms with Gasteiger partial charge in [0.15, 0.2) is 0 Å². The van der Waals surface area contributed by atoms with Crippen LogP contribution in [0.1, 0.15) is 18.4 Å². The largest absolute Gasteiger partial charge is 0.497 e. The molecule has 1 aromatic heterocycles. The summed E-state index contributed by atoms with van der Waals surface area (Å²) in [4.78, 5) is 7.18. The van der Waals surface area contributed by atoms with Crippen LogP contribution in [0.5, 0.6) is 5.75 Å². The highest BCUT2D eigenvalue weighted by molar-refractivity contribution is 7.18. The second-order valence-electron chi connectivity index (χ2n) is 5.61. The number of ether oxygens (including phenoxy) is 1. The molecule has 4 nitrogen and oxygen atoms in total. The van der Waals surface area contributed by atoms with Crippen LogP contribution in [-0.2, 0) is 6.54 Å². The Bertz CT molecular complexity index is 598. The van der Waals surface area contributed by atoms with E-state index in [4.69, 9.17) is 15.5 Å². The number of benzene rings is 1. The lowest BCUT2D eigenvalue weighted by molar-refractivity contribution is 0.158. The molecule has 1 aromatic carbocycles. The van der Waals surface area contributed by atoms with Gasteiger partial charge in [0, 0.05) is 19.1 Å². The minimum absolute atomic E-state index is 0.353. The molecule has 2 N–H and O–H groups in total. The summed E-state index contributed by atoms with van der Waals surface area (Å²) in [6.07, 6.45) is 1.08. The number of fused-ring (bicyclic) bond motifs is 1. The predicted octanol–water partition coefficient (Wildman–Crippen LogP) is 2.47. The van der Waals surface area contributed by atoms with E-state index in [0.717, 1.165) is 37.3 Å². The average Bonchev–Trinajstić information content (AvgIpc) is 2.84. The van der Waals surface area contributed by atoms with Gasteiger partial charge < -0.3 is 10.5 Å². The first kappa shape index (κ1) is 13.8. The minimum atomic E-state index is 0.353. The van der Waals surface area contributed by atoms with Crippen molar-refractivity contribution in [3.05, 3.63) is 23.2 Å². The molecular formula is C15H21N3OS. The summed E-state index contributed by atoms with van der Waals surface area (Å²) in [7, 11) is 1.70. The first-order chi connectivity index (χ1) is 9.65. The Hall–Kier alpha value is -1.17. The Balaban J connectivity index is 1.74. The van der Waals surface area contributed by atoms with Crippen LogP contribution in [0.2, 0.25) is 0 Å². The van der Waals surface area contributed by atoms with Gasteiger partial charge in [0.25, 0.3) is 0 Å². The first-order valence-corrected chi connectivity index (χ1v) is 7.89. The molecule has 1 fully saturated rings. The summed E-state index contributed by atoms with van der Waals surface area (Å²) in [5, 5.41) is 1.18. The van der Waals surface area contributed by atoms with Gasteiger partial charge in [-0.05, 0) is 30.5 Å². The van der Waals surface area contributed by atoms with Gasteiger partial charge in [0.1, 0.15) is 10.8 Å². The zero-order valence-corrected chi connectivity index (χ0v) is 12.8. The van der Waals surface area contributed by atoms with Crippen LogP contribution in [0.3, 0.4) is 0 Å². The molecule has 108 valence electrons. The van der Waals surface area contributed by atoms with Crippen LogP contribution in [0.15, 0.2) is 18.2 Å². The van der Waals surface area contributed by atoms with E-state index >= 15 is 0 Å². The third kappa shape index (κ3) is 2.80. The molecule has 2 aromatic rings. The lowest BCUT2D eigenvalue weighted by Gasteiger charge is -2.34. The van der Waals surface area contributed by atoms with Crippen LogP contribution < -0.4 is 10.5 Å². The summed E-state index contributed by atoms with van der Waals surface area (Å²) in [5.74, 6) is 1.46. The highest BCUT2D eigenvalue weighted by Crippen LogP contribution is 2.27. The van der Waals surface area contributed by atoms with Crippen LogP contribution >= 0.6 is 11.3 Å². The van der Waals surface area contributed by atoms with Gasteiger partial charge in [-0.15, -0.1) is 11.3 Å². The molecule has 20 heavy (non-hydrogen) atoms. The number of nitrogens with zero attached hydrogens (tertiary/aromatic N) is 2. The predicted molar refractivity (Wildman–Crippen MR) is 83.2 cm³/mol. The van der Waals surface area contributed by atoms with Gasteiger partial charge >= 0.3 is 0 Å². The average molecular weight is 291 g/mol. The second-order valence-corrected chi connectivity index (χ2v) is 6.72. The summed E-state index contributed by atoms with van der Waals surface area (Å²) in [6, 6.07) is 6.41. The van der Waals surface area contributed by atoms with E-state index in [1.165, 1.54) is 9.71 Å². The van der Waals surface area contributed by atoms with Crippen molar-refractivity contribution >= 4 is 21.6 Å². The smallest absolute Gasteiger partial charge is 0.120 e. The topological polar surface area (TPSA) is 51.4 Å². The number of hydrogen-bond donors (Lipinski definition) is 1. The van der Waals surface area contributed by atoms with Crippen LogP contribution in [0.25, 0.3) is 10.2 Å². The summed E-state index contributed by atoms with van der Waals surface area (Å²) in [6.45, 7) is 5.31. The normalized spacial score (nSPS) is 24.1. The highest BCUT2D eigenvalue weighted by atomic mass is 32.1. The van der Waals surface area contributed by atoms with Crippen molar-refractivity contribution in [1.82, 2.24) is 9.88 Å². The Labute approximate surface area is 123 Å². The molecule has 2 heterocycles. The van der Waals surface area contributed by atoms with E-state index < -0.39 is 0 Å². The summed E-state index contributed by atoms with van der Waals surface area (Å²) >= 11 is 1.76. The molecule has 0 amide bonds. The van der Waals surface area contributed by atoms with Gasteiger partial charge in [-0.1, -0.05) is 6.92 Å². The fourth-order valence-corrected chi connectivity index (χ4v) is 3.77. The second kappa shape index (κ2) is 5.68. The minimum Gasteiger partial charge on any atom is -0.497 e. The maximum Gasteiger partial charge on any atom is 0.120 e. The van der Waals surface area contributed by atoms with Crippen molar-refractivity contribution in [2.24, 2.45) is 11.7 Å². The number of rotatable bonds is 3. The Kier molecular flexibility index (Phi) is 3.92. The third-order valence-electron chi connectivity index (χ3n) is 4.05. The standard InChI is InChI=1S/C15H21N3OS/c1-10-8-18(6-5-12(10)16)9-15-17-13-4-3-11(19-2)7-14(13)20-15/h3-4,7,10,12H,5-6,8-9,16H2,1-2H3. The molecule has 3 rings (SSSR count). The van der Waals surface area contributed by atoms with Crippen LogP contribution in [0, 0.1) is 5.92 Å². The quantitative estimate of drug-likeness (QED) is 0.944. The molecule has 1 aliphatic rings. The molecule has 1 aliphatic heterocycles. The number of aromatic nitrogens is 1. The number of piperidine rings is 1. The van der Waals surface area contributed by atoms with Crippen molar-refractivity contribution < 1.29 is 4.74 Å². The molecule has 1 saturated heterocycles. The Morgan fingerprint density at radius 2 is 2.35 bits per heavy atom. The number of methoxy groups -OCH3 is 1. The van der Waals surface area contributed by atoms with E-state index in [1.807, 2.05) is 12.1 Å².